The molecule has 8 nitrogen and oxygen atoms in total. The number of aromatic nitrogens is 2. The molecule has 0 saturated carbocycles. The average molecular weight is 539 g/mol. The highest BCUT2D eigenvalue weighted by Gasteiger charge is 2.27. The number of imidazole rings is 1. The summed E-state index contributed by atoms with van der Waals surface area (Å²) < 4.78 is 29.8. The Labute approximate surface area is 227 Å². The Balaban J connectivity index is 1.39. The van der Waals surface area contributed by atoms with E-state index in [1.807, 2.05) is 35.8 Å². The third-order valence-electron chi connectivity index (χ3n) is 6.99. The highest BCUT2D eigenvalue weighted by atomic mass is 19.1. The number of amides is 2. The van der Waals surface area contributed by atoms with Crippen LogP contribution in [0.5, 0.6) is 0 Å². The fraction of sp³-hybridized carbons (Fsp3) is 0.414. The summed E-state index contributed by atoms with van der Waals surface area (Å²) in [4.78, 5) is 31.0. The van der Waals surface area contributed by atoms with Gasteiger partial charge in [-0.2, -0.15) is 0 Å². The first kappa shape index (κ1) is 28.4. The Morgan fingerprint density at radius 1 is 1.21 bits per heavy atom. The number of para-hydroxylation sites is 1. The lowest BCUT2D eigenvalue weighted by Gasteiger charge is -2.29. The molecule has 4 rings (SSSR count). The third kappa shape index (κ3) is 7.27. The van der Waals surface area contributed by atoms with Gasteiger partial charge in [0, 0.05) is 32.7 Å². The molecule has 1 unspecified atom stereocenters. The minimum absolute atomic E-state index is 0.00757. The van der Waals surface area contributed by atoms with Gasteiger partial charge in [0.2, 0.25) is 11.8 Å². The summed E-state index contributed by atoms with van der Waals surface area (Å²) >= 11 is 0. The minimum atomic E-state index is -0.557. The van der Waals surface area contributed by atoms with Gasteiger partial charge in [-0.05, 0) is 54.5 Å². The van der Waals surface area contributed by atoms with Gasteiger partial charge in [0.1, 0.15) is 18.0 Å². The van der Waals surface area contributed by atoms with Crippen molar-refractivity contribution < 1.29 is 18.4 Å². The lowest BCUT2D eigenvalue weighted by Crippen LogP contribution is -2.48. The van der Waals surface area contributed by atoms with Crippen LogP contribution in [0.3, 0.4) is 0 Å². The number of anilines is 1. The highest BCUT2D eigenvalue weighted by molar-refractivity contribution is 5.94. The standard InChI is InChI=1S/C29H36F2N6O2/c1-4-7-25(34-22-11-10-19-12-21(30)13-24(31)23(19)14-22)29(39)35-27-17-37(18-33-27)26-9-6-5-8-20(26)15-32-16-28(38)36(2)3/h5-6,8-9,12-13,17-18,22,25,32,34H,4,7,10-11,14-16H2,1-3H3,(H,35,39)/t22?,25-/m0/s1. The summed E-state index contributed by atoms with van der Waals surface area (Å²) in [6.07, 6.45) is 6.47. The summed E-state index contributed by atoms with van der Waals surface area (Å²) in [5.41, 5.74) is 3.09. The molecule has 2 atom stereocenters. The summed E-state index contributed by atoms with van der Waals surface area (Å²) in [6.45, 7) is 2.73. The molecule has 2 aromatic carbocycles. The molecule has 10 heteroatoms. The molecule has 3 N–H and O–H groups in total. The fourth-order valence-electron chi connectivity index (χ4n) is 4.90. The number of hydrogen-bond acceptors (Lipinski definition) is 5. The van der Waals surface area contributed by atoms with Gasteiger partial charge >= 0.3 is 0 Å². The Hall–Kier alpha value is -3.63. The first-order chi connectivity index (χ1) is 18.7. The van der Waals surface area contributed by atoms with Crippen molar-refractivity contribution in [2.45, 2.75) is 57.7 Å². The van der Waals surface area contributed by atoms with Crippen LogP contribution in [0.25, 0.3) is 5.69 Å². The smallest absolute Gasteiger partial charge is 0.242 e. The molecule has 0 spiro atoms. The molecular formula is C29H36F2N6O2. The largest absolute Gasteiger partial charge is 0.348 e. The summed E-state index contributed by atoms with van der Waals surface area (Å²) in [5.74, 6) is -0.877. The van der Waals surface area contributed by atoms with Crippen molar-refractivity contribution in [2.75, 3.05) is 26.0 Å². The molecule has 0 saturated heterocycles. The molecular weight excluding hydrogens is 502 g/mol. The SMILES string of the molecule is CCC[C@H](NC1CCc2cc(F)cc(F)c2C1)C(=O)Nc1cn(-c2ccccc2CNCC(=O)N(C)C)cn1. The molecule has 1 heterocycles. The molecule has 2 amide bonds. The van der Waals surface area contributed by atoms with Crippen LogP contribution < -0.4 is 16.0 Å². The van der Waals surface area contributed by atoms with E-state index in [9.17, 15) is 18.4 Å². The molecule has 0 radical (unpaired) electrons. The minimum Gasteiger partial charge on any atom is -0.348 e. The Morgan fingerprint density at radius 3 is 2.77 bits per heavy atom. The van der Waals surface area contributed by atoms with Gasteiger partial charge in [-0.3, -0.25) is 9.59 Å². The monoisotopic (exact) mass is 538 g/mol. The van der Waals surface area contributed by atoms with Crippen LogP contribution in [0.2, 0.25) is 0 Å². The Morgan fingerprint density at radius 2 is 2.00 bits per heavy atom. The second-order valence-corrected chi connectivity index (χ2v) is 10.1. The van der Waals surface area contributed by atoms with Gasteiger partial charge in [0.25, 0.3) is 0 Å². The van der Waals surface area contributed by atoms with E-state index in [-0.39, 0.29) is 24.4 Å². The average Bonchev–Trinajstić information content (AvgIpc) is 3.37. The van der Waals surface area contributed by atoms with E-state index >= 15 is 0 Å². The number of fused-ring (bicyclic) bond motifs is 1. The first-order valence-corrected chi connectivity index (χ1v) is 13.3. The van der Waals surface area contributed by atoms with Crippen molar-refractivity contribution in [3.8, 4) is 5.69 Å². The number of benzene rings is 2. The predicted octanol–water partition coefficient (Wildman–Crippen LogP) is 3.58. The Kier molecular flexibility index (Phi) is 9.42. The van der Waals surface area contributed by atoms with Crippen LogP contribution in [-0.2, 0) is 29.0 Å². The zero-order valence-corrected chi connectivity index (χ0v) is 22.6. The molecule has 1 aromatic heterocycles. The summed E-state index contributed by atoms with van der Waals surface area (Å²) in [7, 11) is 3.44. The van der Waals surface area contributed by atoms with Gasteiger partial charge < -0.3 is 25.4 Å². The third-order valence-corrected chi connectivity index (χ3v) is 6.99. The van der Waals surface area contributed by atoms with Crippen molar-refractivity contribution >= 4 is 17.6 Å². The van der Waals surface area contributed by atoms with Gasteiger partial charge in [-0.25, -0.2) is 13.8 Å². The van der Waals surface area contributed by atoms with E-state index in [4.69, 9.17) is 0 Å². The van der Waals surface area contributed by atoms with Crippen LogP contribution in [0.4, 0.5) is 14.6 Å². The fourth-order valence-corrected chi connectivity index (χ4v) is 4.90. The number of carbonyl (C=O) groups excluding carboxylic acids is 2. The van der Waals surface area contributed by atoms with Crippen molar-refractivity contribution in [2.24, 2.45) is 0 Å². The molecule has 1 aliphatic carbocycles. The summed E-state index contributed by atoms with van der Waals surface area (Å²) in [5, 5.41) is 9.48. The van der Waals surface area contributed by atoms with E-state index in [0.29, 0.717) is 49.2 Å². The maximum atomic E-state index is 14.4. The quantitative estimate of drug-likeness (QED) is 0.347. The summed E-state index contributed by atoms with van der Waals surface area (Å²) in [6, 6.07) is 9.54. The van der Waals surface area contributed by atoms with Crippen LogP contribution in [0, 0.1) is 11.6 Å². The maximum Gasteiger partial charge on any atom is 0.242 e. The topological polar surface area (TPSA) is 91.3 Å². The number of likely N-dealkylation sites (N-methyl/N-ethyl adjacent to an activating group) is 1. The lowest BCUT2D eigenvalue weighted by molar-refractivity contribution is -0.127. The molecule has 0 aliphatic heterocycles. The number of aryl methyl sites for hydroxylation is 1. The zero-order valence-electron chi connectivity index (χ0n) is 22.6. The van der Waals surface area contributed by atoms with E-state index in [0.717, 1.165) is 23.7 Å². The van der Waals surface area contributed by atoms with Gasteiger partial charge in [-0.1, -0.05) is 31.5 Å². The Bertz CT molecular complexity index is 1310. The molecule has 1 aliphatic rings. The van der Waals surface area contributed by atoms with E-state index < -0.39 is 17.7 Å². The second-order valence-electron chi connectivity index (χ2n) is 10.1. The first-order valence-electron chi connectivity index (χ1n) is 13.3. The number of nitrogens with one attached hydrogen (secondary N) is 3. The number of nitrogens with zero attached hydrogens (tertiary/aromatic N) is 3. The van der Waals surface area contributed by atoms with Gasteiger partial charge in [0.05, 0.1) is 24.5 Å². The number of carbonyl (C=O) groups is 2. The molecule has 39 heavy (non-hydrogen) atoms. The lowest BCUT2D eigenvalue weighted by atomic mass is 9.87. The van der Waals surface area contributed by atoms with Crippen LogP contribution in [-0.4, -0.2) is 59.0 Å². The predicted molar refractivity (Wildman–Crippen MR) is 147 cm³/mol. The number of halogens is 2. The maximum absolute atomic E-state index is 14.4. The molecule has 208 valence electrons. The van der Waals surface area contributed by atoms with Crippen molar-refractivity contribution in [3.63, 3.8) is 0 Å². The van der Waals surface area contributed by atoms with Crippen molar-refractivity contribution in [1.29, 1.82) is 0 Å². The van der Waals surface area contributed by atoms with E-state index in [1.165, 1.54) is 11.0 Å². The van der Waals surface area contributed by atoms with Crippen LogP contribution in [0.1, 0.15) is 42.9 Å². The molecule has 0 fully saturated rings. The van der Waals surface area contributed by atoms with Crippen molar-refractivity contribution in [1.82, 2.24) is 25.1 Å². The van der Waals surface area contributed by atoms with Crippen LogP contribution >= 0.6 is 0 Å². The normalized spacial score (nSPS) is 15.5. The number of rotatable bonds is 11. The van der Waals surface area contributed by atoms with Crippen LogP contribution in [0.15, 0.2) is 48.9 Å². The van der Waals surface area contributed by atoms with Crippen molar-refractivity contribution in [3.05, 3.63) is 77.2 Å². The zero-order chi connectivity index (χ0) is 27.9. The van der Waals surface area contributed by atoms with Gasteiger partial charge in [-0.15, -0.1) is 0 Å². The molecule has 0 bridgehead atoms. The van der Waals surface area contributed by atoms with E-state index in [2.05, 4.69) is 20.9 Å². The second kappa shape index (κ2) is 12.9. The van der Waals surface area contributed by atoms with E-state index in [1.54, 1.807) is 26.6 Å². The number of hydrogen-bond donors (Lipinski definition) is 3. The van der Waals surface area contributed by atoms with Gasteiger partial charge in [0.15, 0.2) is 5.82 Å². The highest BCUT2D eigenvalue weighted by Crippen LogP contribution is 2.26. The molecule has 3 aromatic rings.